The molecule has 0 aromatic heterocycles. The van der Waals surface area contributed by atoms with Crippen molar-refractivity contribution >= 4 is 41.5 Å². The van der Waals surface area contributed by atoms with Crippen LogP contribution in [0.3, 0.4) is 0 Å². The predicted molar refractivity (Wildman–Crippen MR) is 107 cm³/mol. The topological polar surface area (TPSA) is 77.0 Å². The van der Waals surface area contributed by atoms with Crippen LogP contribution >= 0.6 is 23.4 Å². The zero-order chi connectivity index (χ0) is 19.5. The molecule has 0 aliphatic heterocycles. The van der Waals surface area contributed by atoms with E-state index in [9.17, 15) is 9.59 Å². The lowest BCUT2D eigenvalue weighted by Crippen LogP contribution is -2.19. The van der Waals surface area contributed by atoms with Gasteiger partial charge in [-0.15, -0.1) is 11.8 Å². The number of hydrogen-bond acceptors (Lipinski definition) is 6. The first kappa shape index (κ1) is 20.8. The van der Waals surface area contributed by atoms with E-state index in [1.54, 1.807) is 24.3 Å². The van der Waals surface area contributed by atoms with Gasteiger partial charge in [0.05, 0.1) is 19.1 Å². The molecule has 0 spiro atoms. The van der Waals surface area contributed by atoms with Crippen molar-refractivity contribution in [3.8, 4) is 5.75 Å². The van der Waals surface area contributed by atoms with E-state index in [1.807, 2.05) is 24.3 Å². The van der Waals surface area contributed by atoms with Crippen LogP contribution in [0.1, 0.15) is 11.1 Å². The van der Waals surface area contributed by atoms with Crippen molar-refractivity contribution in [2.75, 3.05) is 19.5 Å². The molecule has 27 heavy (non-hydrogen) atoms. The molecule has 0 aliphatic rings. The number of amides is 1. The van der Waals surface area contributed by atoms with Crippen LogP contribution in [-0.2, 0) is 20.1 Å². The van der Waals surface area contributed by atoms with Crippen molar-refractivity contribution in [1.82, 2.24) is 5.43 Å². The van der Waals surface area contributed by atoms with Crippen LogP contribution in [0, 0.1) is 0 Å². The van der Waals surface area contributed by atoms with Crippen LogP contribution in [-0.4, -0.2) is 37.6 Å². The Labute approximate surface area is 166 Å². The molecule has 142 valence electrons. The number of nitrogens with zero attached hydrogens (tertiary/aromatic N) is 1. The van der Waals surface area contributed by atoms with Crippen LogP contribution in [0.4, 0.5) is 0 Å². The van der Waals surface area contributed by atoms with Crippen molar-refractivity contribution in [1.29, 1.82) is 0 Å². The molecular weight excluding hydrogens is 388 g/mol. The van der Waals surface area contributed by atoms with Gasteiger partial charge in [0.1, 0.15) is 5.75 Å². The van der Waals surface area contributed by atoms with E-state index in [1.165, 1.54) is 25.1 Å². The van der Waals surface area contributed by atoms with Gasteiger partial charge in [0.2, 0.25) is 5.91 Å². The van der Waals surface area contributed by atoms with Crippen LogP contribution in [0.2, 0.25) is 5.02 Å². The number of hydrazone groups is 1. The Balaban J connectivity index is 1.68. The average molecular weight is 407 g/mol. The molecule has 0 fully saturated rings. The van der Waals surface area contributed by atoms with Gasteiger partial charge in [-0.25, -0.2) is 10.2 Å². The third-order valence-electron chi connectivity index (χ3n) is 3.28. The highest BCUT2D eigenvalue weighted by Crippen LogP contribution is 2.15. The number of carbonyl (C=O) groups is 2. The van der Waals surface area contributed by atoms with Gasteiger partial charge in [0, 0.05) is 10.8 Å². The number of hydrogen-bond donors (Lipinski definition) is 1. The highest BCUT2D eigenvalue weighted by atomic mass is 35.5. The van der Waals surface area contributed by atoms with Crippen molar-refractivity contribution in [2.24, 2.45) is 5.10 Å². The fourth-order valence-corrected chi connectivity index (χ4v) is 2.81. The molecule has 0 saturated carbocycles. The molecule has 0 radical (unpaired) electrons. The number of benzene rings is 2. The maximum Gasteiger partial charge on any atom is 0.343 e. The van der Waals surface area contributed by atoms with Crippen molar-refractivity contribution in [2.45, 2.75) is 5.75 Å². The summed E-state index contributed by atoms with van der Waals surface area (Å²) in [4.78, 5) is 22.8. The minimum absolute atomic E-state index is 0.145. The number of carbonyl (C=O) groups excluding carboxylic acids is 2. The third-order valence-corrected chi connectivity index (χ3v) is 4.54. The van der Waals surface area contributed by atoms with Crippen LogP contribution in [0.5, 0.6) is 5.75 Å². The SMILES string of the molecule is COC(=O)COc1ccc(/C=N/NC(=O)CSCc2ccc(Cl)cc2)cc1. The Hall–Kier alpha value is -2.51. The molecule has 0 aliphatic carbocycles. The zero-order valence-corrected chi connectivity index (χ0v) is 16.3. The number of rotatable bonds is 9. The summed E-state index contributed by atoms with van der Waals surface area (Å²) in [7, 11) is 1.30. The molecular formula is C19H19ClN2O4S. The number of esters is 1. The molecule has 8 heteroatoms. The van der Waals surface area contributed by atoms with E-state index in [2.05, 4.69) is 15.3 Å². The van der Waals surface area contributed by atoms with Crippen LogP contribution in [0.15, 0.2) is 53.6 Å². The number of thioether (sulfide) groups is 1. The van der Waals surface area contributed by atoms with Gasteiger partial charge in [0.25, 0.3) is 0 Å². The van der Waals surface area contributed by atoms with E-state index in [0.717, 1.165) is 16.9 Å². The van der Waals surface area contributed by atoms with Gasteiger partial charge in [-0.2, -0.15) is 5.10 Å². The van der Waals surface area contributed by atoms with Gasteiger partial charge in [-0.05, 0) is 47.5 Å². The second kappa shape index (κ2) is 11.3. The minimum Gasteiger partial charge on any atom is -0.482 e. The maximum atomic E-state index is 11.8. The van der Waals surface area contributed by atoms with Crippen LogP contribution < -0.4 is 10.2 Å². The monoisotopic (exact) mass is 406 g/mol. The molecule has 6 nitrogen and oxygen atoms in total. The first-order valence-electron chi connectivity index (χ1n) is 8.00. The summed E-state index contributed by atoms with van der Waals surface area (Å²) in [6.45, 7) is -0.145. The van der Waals surface area contributed by atoms with Crippen molar-refractivity contribution in [3.63, 3.8) is 0 Å². The summed E-state index contributed by atoms with van der Waals surface area (Å²) in [6, 6.07) is 14.5. The second-order valence-electron chi connectivity index (χ2n) is 5.35. The fourth-order valence-electron chi connectivity index (χ4n) is 1.90. The van der Waals surface area contributed by atoms with Gasteiger partial charge >= 0.3 is 5.97 Å². The largest absolute Gasteiger partial charge is 0.482 e. The smallest absolute Gasteiger partial charge is 0.343 e. The van der Waals surface area contributed by atoms with Gasteiger partial charge in [0.15, 0.2) is 6.61 Å². The molecule has 1 N–H and O–H groups in total. The van der Waals surface area contributed by atoms with Crippen molar-refractivity contribution < 1.29 is 19.1 Å². The van der Waals surface area contributed by atoms with E-state index >= 15 is 0 Å². The molecule has 2 rings (SSSR count). The Morgan fingerprint density at radius 1 is 1.15 bits per heavy atom. The summed E-state index contributed by atoms with van der Waals surface area (Å²) < 4.78 is 9.74. The standard InChI is InChI=1S/C19H19ClN2O4S/c1-25-19(24)11-26-17-8-4-14(5-9-17)10-21-22-18(23)13-27-12-15-2-6-16(20)7-3-15/h2-10H,11-13H2,1H3,(H,22,23)/b21-10+. The Bertz CT molecular complexity index is 779. The average Bonchev–Trinajstić information content (AvgIpc) is 2.68. The second-order valence-corrected chi connectivity index (χ2v) is 6.77. The highest BCUT2D eigenvalue weighted by molar-refractivity contribution is 7.99. The van der Waals surface area contributed by atoms with Gasteiger partial charge in [-0.3, -0.25) is 4.79 Å². The molecule has 2 aromatic carbocycles. The normalized spacial score (nSPS) is 10.6. The van der Waals surface area contributed by atoms with E-state index in [0.29, 0.717) is 16.5 Å². The minimum atomic E-state index is -0.447. The number of ether oxygens (including phenoxy) is 2. The number of nitrogens with one attached hydrogen (secondary N) is 1. The third kappa shape index (κ3) is 8.15. The molecule has 0 unspecified atom stereocenters. The van der Waals surface area contributed by atoms with Crippen LogP contribution in [0.25, 0.3) is 0 Å². The Morgan fingerprint density at radius 2 is 1.85 bits per heavy atom. The molecule has 0 saturated heterocycles. The molecule has 2 aromatic rings. The van der Waals surface area contributed by atoms with Crippen molar-refractivity contribution in [3.05, 3.63) is 64.7 Å². The van der Waals surface area contributed by atoms with E-state index < -0.39 is 5.97 Å². The first-order valence-corrected chi connectivity index (χ1v) is 9.54. The van der Waals surface area contributed by atoms with E-state index in [4.69, 9.17) is 16.3 Å². The van der Waals surface area contributed by atoms with Gasteiger partial charge in [-0.1, -0.05) is 23.7 Å². The van der Waals surface area contributed by atoms with Gasteiger partial charge < -0.3 is 9.47 Å². The molecule has 0 bridgehead atoms. The summed E-state index contributed by atoms with van der Waals surface area (Å²) in [5.74, 6) is 0.947. The molecule has 0 heterocycles. The lowest BCUT2D eigenvalue weighted by molar-refractivity contribution is -0.142. The quantitative estimate of drug-likeness (QED) is 0.393. The Morgan fingerprint density at radius 3 is 2.52 bits per heavy atom. The number of methoxy groups -OCH3 is 1. The number of halogens is 1. The summed E-state index contributed by atoms with van der Waals surface area (Å²) in [5, 5.41) is 4.62. The summed E-state index contributed by atoms with van der Waals surface area (Å²) in [6.07, 6.45) is 1.53. The lowest BCUT2D eigenvalue weighted by atomic mass is 10.2. The Kier molecular flexibility index (Phi) is 8.67. The fraction of sp³-hybridized carbons (Fsp3) is 0.211. The first-order chi connectivity index (χ1) is 13.1. The molecule has 1 amide bonds. The maximum absolute atomic E-state index is 11.8. The summed E-state index contributed by atoms with van der Waals surface area (Å²) >= 11 is 7.33. The lowest BCUT2D eigenvalue weighted by Gasteiger charge is -2.04. The zero-order valence-electron chi connectivity index (χ0n) is 14.7. The highest BCUT2D eigenvalue weighted by Gasteiger charge is 2.02. The van der Waals surface area contributed by atoms with E-state index in [-0.39, 0.29) is 12.5 Å². The predicted octanol–water partition coefficient (Wildman–Crippen LogP) is 3.28. The molecule has 0 atom stereocenters. The summed E-state index contributed by atoms with van der Waals surface area (Å²) in [5.41, 5.74) is 4.38.